The largest absolute Gasteiger partial charge is 0.325 e. The predicted molar refractivity (Wildman–Crippen MR) is 86.7 cm³/mol. The van der Waals surface area contributed by atoms with Gasteiger partial charge in [0, 0.05) is 6.42 Å². The number of nitrogens with one attached hydrogen (secondary N) is 2. The van der Waals surface area contributed by atoms with Gasteiger partial charge in [0.25, 0.3) is 0 Å². The zero-order valence-electron chi connectivity index (χ0n) is 11.7. The van der Waals surface area contributed by atoms with Crippen molar-refractivity contribution >= 4 is 35.6 Å². The van der Waals surface area contributed by atoms with Crippen molar-refractivity contribution < 1.29 is 4.79 Å². The monoisotopic (exact) mass is 316 g/mol. The number of rotatable bonds is 4. The Balaban J connectivity index is 0.00000200. The van der Waals surface area contributed by atoms with Crippen molar-refractivity contribution in [3.05, 3.63) is 29.3 Å². The van der Waals surface area contributed by atoms with E-state index in [1.807, 2.05) is 18.2 Å². The minimum atomic E-state index is 0. The highest BCUT2D eigenvalue weighted by molar-refractivity contribution is 6.33. The highest BCUT2D eigenvalue weighted by atomic mass is 35.5. The van der Waals surface area contributed by atoms with Gasteiger partial charge in [-0.25, -0.2) is 0 Å². The molecule has 0 aromatic heterocycles. The number of carbonyl (C=O) groups is 1. The number of halogens is 2. The molecular formula is C15H22Cl2N2O. The summed E-state index contributed by atoms with van der Waals surface area (Å²) in [7, 11) is 0. The molecule has 5 heteroatoms. The van der Waals surface area contributed by atoms with Gasteiger partial charge >= 0.3 is 0 Å². The van der Waals surface area contributed by atoms with E-state index in [1.165, 1.54) is 12.8 Å². The van der Waals surface area contributed by atoms with Crippen LogP contribution < -0.4 is 10.6 Å². The minimum Gasteiger partial charge on any atom is -0.325 e. The van der Waals surface area contributed by atoms with E-state index < -0.39 is 0 Å². The summed E-state index contributed by atoms with van der Waals surface area (Å²) in [5, 5.41) is 6.83. The minimum absolute atomic E-state index is 0. The van der Waals surface area contributed by atoms with Crippen LogP contribution in [0.4, 0.5) is 5.69 Å². The number of para-hydroxylation sites is 1. The molecular weight excluding hydrogens is 295 g/mol. The van der Waals surface area contributed by atoms with Crippen LogP contribution in [0.25, 0.3) is 0 Å². The summed E-state index contributed by atoms with van der Waals surface area (Å²) in [6, 6.07) is 7.34. The second-order valence-corrected chi connectivity index (χ2v) is 5.70. The molecule has 20 heavy (non-hydrogen) atoms. The SMILES string of the molecule is CC(CC(=O)Nc1ccccc1Cl)C1CCNCC1.Cl. The molecule has 1 aliphatic heterocycles. The van der Waals surface area contributed by atoms with Crippen LogP contribution in [0.2, 0.25) is 5.02 Å². The van der Waals surface area contributed by atoms with E-state index in [2.05, 4.69) is 17.6 Å². The lowest BCUT2D eigenvalue weighted by atomic mass is 9.84. The van der Waals surface area contributed by atoms with Gasteiger partial charge in [0.1, 0.15) is 0 Å². The van der Waals surface area contributed by atoms with E-state index in [0.717, 1.165) is 13.1 Å². The van der Waals surface area contributed by atoms with Crippen molar-refractivity contribution in [1.29, 1.82) is 0 Å². The van der Waals surface area contributed by atoms with Gasteiger partial charge in [-0.15, -0.1) is 12.4 Å². The van der Waals surface area contributed by atoms with Gasteiger partial charge in [-0.05, 0) is 49.9 Å². The molecule has 1 aromatic carbocycles. The molecule has 1 heterocycles. The van der Waals surface area contributed by atoms with E-state index in [9.17, 15) is 4.79 Å². The first-order valence-electron chi connectivity index (χ1n) is 6.92. The zero-order chi connectivity index (χ0) is 13.7. The molecule has 1 aromatic rings. The average Bonchev–Trinajstić information content (AvgIpc) is 2.42. The number of hydrogen-bond acceptors (Lipinski definition) is 2. The van der Waals surface area contributed by atoms with Gasteiger partial charge in [-0.1, -0.05) is 30.7 Å². The normalized spacial score (nSPS) is 17.1. The first-order valence-corrected chi connectivity index (χ1v) is 7.29. The zero-order valence-corrected chi connectivity index (χ0v) is 13.3. The maximum absolute atomic E-state index is 12.0. The highest BCUT2D eigenvalue weighted by Gasteiger charge is 2.22. The number of amides is 1. The fraction of sp³-hybridized carbons (Fsp3) is 0.533. The molecule has 0 saturated carbocycles. The van der Waals surface area contributed by atoms with E-state index in [4.69, 9.17) is 11.6 Å². The lowest BCUT2D eigenvalue weighted by Gasteiger charge is -2.27. The van der Waals surface area contributed by atoms with E-state index >= 15 is 0 Å². The van der Waals surface area contributed by atoms with Gasteiger partial charge < -0.3 is 10.6 Å². The molecule has 1 fully saturated rings. The summed E-state index contributed by atoms with van der Waals surface area (Å²) in [5.41, 5.74) is 0.701. The Bertz CT molecular complexity index is 434. The van der Waals surface area contributed by atoms with Crippen LogP contribution in [0.5, 0.6) is 0 Å². The van der Waals surface area contributed by atoms with Crippen molar-refractivity contribution in [1.82, 2.24) is 5.32 Å². The molecule has 0 bridgehead atoms. The summed E-state index contributed by atoms with van der Waals surface area (Å²) < 4.78 is 0. The quantitative estimate of drug-likeness (QED) is 0.888. The molecule has 0 spiro atoms. The van der Waals surface area contributed by atoms with Crippen LogP contribution in [-0.4, -0.2) is 19.0 Å². The van der Waals surface area contributed by atoms with Gasteiger partial charge in [0.15, 0.2) is 0 Å². The molecule has 2 rings (SSSR count). The Morgan fingerprint density at radius 1 is 1.40 bits per heavy atom. The van der Waals surface area contributed by atoms with Gasteiger partial charge in [-0.2, -0.15) is 0 Å². The van der Waals surface area contributed by atoms with Crippen LogP contribution in [0.15, 0.2) is 24.3 Å². The molecule has 1 aliphatic rings. The highest BCUT2D eigenvalue weighted by Crippen LogP contribution is 2.26. The van der Waals surface area contributed by atoms with Crippen LogP contribution in [0.3, 0.4) is 0 Å². The third kappa shape index (κ3) is 4.97. The van der Waals surface area contributed by atoms with E-state index in [1.54, 1.807) is 6.07 Å². The van der Waals surface area contributed by atoms with Gasteiger partial charge in [0.05, 0.1) is 10.7 Å². The third-order valence-electron chi connectivity index (χ3n) is 3.84. The molecule has 2 N–H and O–H groups in total. The summed E-state index contributed by atoms with van der Waals surface area (Å²) in [6.07, 6.45) is 2.90. The van der Waals surface area contributed by atoms with Crippen LogP contribution >= 0.6 is 24.0 Å². The van der Waals surface area contributed by atoms with Crippen LogP contribution in [0.1, 0.15) is 26.2 Å². The lowest BCUT2D eigenvalue weighted by Crippen LogP contribution is -2.32. The average molecular weight is 317 g/mol. The second kappa shape index (κ2) is 8.50. The molecule has 1 saturated heterocycles. The van der Waals surface area contributed by atoms with Crippen molar-refractivity contribution in [2.24, 2.45) is 11.8 Å². The fourth-order valence-corrected chi connectivity index (χ4v) is 2.82. The fourth-order valence-electron chi connectivity index (χ4n) is 2.64. The lowest BCUT2D eigenvalue weighted by molar-refractivity contribution is -0.117. The number of piperidine rings is 1. The molecule has 0 aliphatic carbocycles. The van der Waals surface area contributed by atoms with Crippen LogP contribution in [0, 0.1) is 11.8 Å². The summed E-state index contributed by atoms with van der Waals surface area (Å²) >= 11 is 6.03. The third-order valence-corrected chi connectivity index (χ3v) is 4.17. The maximum atomic E-state index is 12.0. The maximum Gasteiger partial charge on any atom is 0.224 e. The summed E-state index contributed by atoms with van der Waals surface area (Å²) in [5.74, 6) is 1.13. The Kier molecular flexibility index (Phi) is 7.35. The Morgan fingerprint density at radius 3 is 2.70 bits per heavy atom. The molecule has 112 valence electrons. The molecule has 0 radical (unpaired) electrons. The van der Waals surface area contributed by atoms with E-state index in [0.29, 0.717) is 29.0 Å². The number of hydrogen-bond donors (Lipinski definition) is 2. The molecule has 1 atom stereocenters. The second-order valence-electron chi connectivity index (χ2n) is 5.30. The van der Waals surface area contributed by atoms with Crippen molar-refractivity contribution in [2.75, 3.05) is 18.4 Å². The van der Waals surface area contributed by atoms with E-state index in [-0.39, 0.29) is 18.3 Å². The number of anilines is 1. The van der Waals surface area contributed by atoms with Gasteiger partial charge in [0.2, 0.25) is 5.91 Å². The number of carbonyl (C=O) groups excluding carboxylic acids is 1. The smallest absolute Gasteiger partial charge is 0.224 e. The predicted octanol–water partition coefficient (Wildman–Crippen LogP) is 3.73. The van der Waals surface area contributed by atoms with Crippen LogP contribution in [-0.2, 0) is 4.79 Å². The summed E-state index contributed by atoms with van der Waals surface area (Å²) in [6.45, 7) is 4.31. The Hall–Kier alpha value is -0.770. The Labute approximate surface area is 131 Å². The topological polar surface area (TPSA) is 41.1 Å². The standard InChI is InChI=1S/C15H21ClN2O.ClH/c1-11(12-6-8-17-9-7-12)10-15(19)18-14-5-3-2-4-13(14)16;/h2-5,11-12,17H,6-10H2,1H3,(H,18,19);1H. The molecule has 3 nitrogen and oxygen atoms in total. The summed E-state index contributed by atoms with van der Waals surface area (Å²) in [4.78, 5) is 12.0. The Morgan fingerprint density at radius 2 is 2.05 bits per heavy atom. The molecule has 1 amide bonds. The molecule has 1 unspecified atom stereocenters. The van der Waals surface area contributed by atoms with Crippen molar-refractivity contribution in [2.45, 2.75) is 26.2 Å². The van der Waals surface area contributed by atoms with Crippen molar-refractivity contribution in [3.63, 3.8) is 0 Å². The number of benzene rings is 1. The van der Waals surface area contributed by atoms with Crippen molar-refractivity contribution in [3.8, 4) is 0 Å². The van der Waals surface area contributed by atoms with Gasteiger partial charge in [-0.3, -0.25) is 4.79 Å². The first kappa shape index (κ1) is 17.3. The first-order chi connectivity index (χ1) is 9.16.